The van der Waals surface area contributed by atoms with Crippen LogP contribution >= 0.6 is 0 Å². The van der Waals surface area contributed by atoms with Gasteiger partial charge in [-0.05, 0) is 78.6 Å². The van der Waals surface area contributed by atoms with E-state index in [1.54, 1.807) is 12.1 Å². The number of benzene rings is 2. The number of aryl methyl sites for hydroxylation is 3. The zero-order valence-corrected chi connectivity index (χ0v) is 22.0. The molecule has 2 aromatic rings. The molecule has 0 aromatic heterocycles. The number of nitrogens with zero attached hydrogens (tertiary/aromatic N) is 1. The summed E-state index contributed by atoms with van der Waals surface area (Å²) in [4.78, 5) is 14.7. The summed E-state index contributed by atoms with van der Waals surface area (Å²) in [6, 6.07) is 9.05. The average molecular weight is 527 g/mol. The van der Waals surface area contributed by atoms with Gasteiger partial charge in [0.2, 0.25) is 5.91 Å². The number of ether oxygens (including phenoxy) is 1. The lowest BCUT2D eigenvalue weighted by Crippen LogP contribution is -2.32. The van der Waals surface area contributed by atoms with E-state index in [0.717, 1.165) is 46.6 Å². The van der Waals surface area contributed by atoms with Gasteiger partial charge in [-0.1, -0.05) is 26.8 Å². The number of carbonyl (C=O) groups is 1. The van der Waals surface area contributed by atoms with Crippen molar-refractivity contribution in [1.82, 2.24) is 0 Å². The van der Waals surface area contributed by atoms with Gasteiger partial charge in [0.05, 0.1) is 0 Å². The van der Waals surface area contributed by atoms with E-state index in [1.807, 2.05) is 46.8 Å². The van der Waals surface area contributed by atoms with Gasteiger partial charge in [0.15, 0.2) is 6.61 Å². The van der Waals surface area contributed by atoms with E-state index in [-0.39, 0.29) is 17.1 Å². The lowest BCUT2D eigenvalue weighted by Gasteiger charge is -2.26. The maximum Gasteiger partial charge on any atom is 0.394 e. The second kappa shape index (κ2) is 10.9. The summed E-state index contributed by atoms with van der Waals surface area (Å²) in [6.45, 7) is 10.0. The fraction of sp³-hybridized carbons (Fsp3) is 0.536. The molecule has 204 valence electrons. The first-order chi connectivity index (χ1) is 17.0. The van der Waals surface area contributed by atoms with E-state index in [0.29, 0.717) is 19.4 Å². The minimum atomic E-state index is -4.96. The Kier molecular flexibility index (Phi) is 8.44. The molecule has 1 amide bonds. The molecule has 3 rings (SSSR count). The number of hydrogen-bond acceptors (Lipinski definition) is 3. The molecule has 4 nitrogen and oxygen atoms in total. The van der Waals surface area contributed by atoms with Crippen LogP contribution in [0.2, 0.25) is 0 Å². The van der Waals surface area contributed by atoms with E-state index in [4.69, 9.17) is 4.74 Å². The number of hydrogen-bond donors (Lipinski definition) is 1. The quantitative estimate of drug-likeness (QED) is 0.378. The normalized spacial score (nSPS) is 14.7. The van der Waals surface area contributed by atoms with Crippen LogP contribution in [0.15, 0.2) is 30.3 Å². The standard InChI is InChI=1S/C28H35F5N2O2/c1-18-11-22(12-19(2)25(18)34-24(36)14-26(3,4)5)35-10-6-7-20-13-23(9-8-21(20)15-35)37-17-27(29,30)16-28(31,32)33/h8-9,11-13H,6-7,10,14-17H2,1-5H3,(H,34,36). The Labute approximate surface area is 215 Å². The van der Waals surface area contributed by atoms with Crippen LogP contribution < -0.4 is 15.0 Å². The molecule has 9 heteroatoms. The van der Waals surface area contributed by atoms with Crippen molar-refractivity contribution in [2.45, 2.75) is 78.9 Å². The minimum Gasteiger partial charge on any atom is -0.487 e. The maximum atomic E-state index is 13.6. The van der Waals surface area contributed by atoms with Gasteiger partial charge in [-0.3, -0.25) is 4.79 Å². The minimum absolute atomic E-state index is 0.0238. The van der Waals surface area contributed by atoms with Gasteiger partial charge in [0.1, 0.15) is 12.2 Å². The highest BCUT2D eigenvalue weighted by atomic mass is 19.4. The smallest absolute Gasteiger partial charge is 0.394 e. The summed E-state index contributed by atoms with van der Waals surface area (Å²) in [5, 5.41) is 3.05. The highest BCUT2D eigenvalue weighted by molar-refractivity contribution is 5.93. The molecule has 1 N–H and O–H groups in total. The Hall–Kier alpha value is -2.84. The van der Waals surface area contributed by atoms with Crippen LogP contribution in [-0.4, -0.2) is 31.2 Å². The molecule has 0 aliphatic carbocycles. The van der Waals surface area contributed by atoms with Gasteiger partial charge in [-0.15, -0.1) is 0 Å². The van der Waals surface area contributed by atoms with E-state index in [1.165, 1.54) is 6.07 Å². The monoisotopic (exact) mass is 526 g/mol. The van der Waals surface area contributed by atoms with Gasteiger partial charge >= 0.3 is 6.18 Å². The third-order valence-electron chi connectivity index (χ3n) is 6.16. The van der Waals surface area contributed by atoms with Crippen LogP contribution in [0.1, 0.15) is 62.3 Å². The number of carbonyl (C=O) groups excluding carboxylic acids is 1. The van der Waals surface area contributed by atoms with Crippen molar-refractivity contribution >= 4 is 17.3 Å². The largest absolute Gasteiger partial charge is 0.487 e. The van der Waals surface area contributed by atoms with Crippen molar-refractivity contribution in [3.63, 3.8) is 0 Å². The predicted molar refractivity (Wildman–Crippen MR) is 136 cm³/mol. The Morgan fingerprint density at radius 1 is 1.00 bits per heavy atom. The first-order valence-corrected chi connectivity index (χ1v) is 12.4. The van der Waals surface area contributed by atoms with Crippen molar-refractivity contribution in [2.75, 3.05) is 23.4 Å². The second-order valence-electron chi connectivity index (χ2n) is 11.1. The van der Waals surface area contributed by atoms with Gasteiger partial charge in [0, 0.05) is 30.9 Å². The molecule has 0 spiro atoms. The maximum absolute atomic E-state index is 13.6. The lowest BCUT2D eigenvalue weighted by molar-refractivity contribution is -0.194. The van der Waals surface area contributed by atoms with Crippen LogP contribution in [0.4, 0.5) is 33.3 Å². The molecule has 1 heterocycles. The van der Waals surface area contributed by atoms with Gasteiger partial charge in [-0.2, -0.15) is 13.2 Å². The number of rotatable bonds is 7. The molecule has 0 saturated heterocycles. The van der Waals surface area contributed by atoms with E-state index >= 15 is 0 Å². The number of anilines is 2. The summed E-state index contributed by atoms with van der Waals surface area (Å²) in [7, 11) is 0. The molecule has 2 aromatic carbocycles. The highest BCUT2D eigenvalue weighted by Gasteiger charge is 2.44. The SMILES string of the molecule is Cc1cc(N2CCCc3cc(OCC(F)(F)CC(F)(F)F)ccc3C2)cc(C)c1NC(=O)CC(C)(C)C. The Morgan fingerprint density at radius 3 is 2.24 bits per heavy atom. The number of alkyl halides is 5. The highest BCUT2D eigenvalue weighted by Crippen LogP contribution is 2.34. The molecule has 37 heavy (non-hydrogen) atoms. The van der Waals surface area contributed by atoms with Crippen LogP contribution in [0.5, 0.6) is 5.75 Å². The van der Waals surface area contributed by atoms with Crippen LogP contribution in [0.3, 0.4) is 0 Å². The van der Waals surface area contributed by atoms with Crippen molar-refractivity contribution in [3.8, 4) is 5.75 Å². The van der Waals surface area contributed by atoms with Gasteiger partial charge in [-0.25, -0.2) is 8.78 Å². The van der Waals surface area contributed by atoms with Crippen molar-refractivity contribution in [2.24, 2.45) is 5.41 Å². The van der Waals surface area contributed by atoms with Crippen LogP contribution in [0, 0.1) is 19.3 Å². The number of amides is 1. The number of fused-ring (bicyclic) bond motifs is 1. The predicted octanol–water partition coefficient (Wildman–Crippen LogP) is 7.60. The zero-order valence-electron chi connectivity index (χ0n) is 22.0. The second-order valence-corrected chi connectivity index (χ2v) is 11.1. The Morgan fingerprint density at radius 2 is 1.65 bits per heavy atom. The summed E-state index contributed by atoms with van der Waals surface area (Å²) in [5.74, 6) is -3.88. The van der Waals surface area contributed by atoms with Gasteiger partial charge in [0.25, 0.3) is 5.92 Å². The van der Waals surface area contributed by atoms with E-state index < -0.39 is 25.1 Å². The fourth-order valence-corrected chi connectivity index (χ4v) is 4.56. The van der Waals surface area contributed by atoms with Gasteiger partial charge < -0.3 is 15.0 Å². The van der Waals surface area contributed by atoms with Crippen molar-refractivity contribution in [3.05, 3.63) is 52.6 Å². The topological polar surface area (TPSA) is 41.6 Å². The first-order valence-electron chi connectivity index (χ1n) is 12.4. The van der Waals surface area contributed by atoms with Crippen molar-refractivity contribution < 1.29 is 31.5 Å². The molecular weight excluding hydrogens is 491 g/mol. The molecule has 0 fully saturated rings. The molecule has 0 unspecified atom stereocenters. The van der Waals surface area contributed by atoms with E-state index in [9.17, 15) is 26.7 Å². The average Bonchev–Trinajstić information content (AvgIpc) is 2.94. The first kappa shape index (κ1) is 28.7. The third kappa shape index (κ3) is 8.61. The molecule has 1 aliphatic rings. The van der Waals surface area contributed by atoms with Crippen LogP contribution in [0.25, 0.3) is 0 Å². The van der Waals surface area contributed by atoms with E-state index in [2.05, 4.69) is 10.2 Å². The molecule has 0 bridgehead atoms. The Balaban J connectivity index is 1.71. The molecule has 0 saturated carbocycles. The van der Waals surface area contributed by atoms with Crippen molar-refractivity contribution in [1.29, 1.82) is 0 Å². The number of nitrogens with one attached hydrogen (secondary N) is 1. The summed E-state index contributed by atoms with van der Waals surface area (Å²) in [5.41, 5.74) is 5.58. The molecular formula is C28H35F5N2O2. The summed E-state index contributed by atoms with van der Waals surface area (Å²) >= 11 is 0. The van der Waals surface area contributed by atoms with Crippen LogP contribution in [-0.2, 0) is 17.8 Å². The Bertz CT molecular complexity index is 1100. The molecule has 1 aliphatic heterocycles. The lowest BCUT2D eigenvalue weighted by atomic mass is 9.92. The summed E-state index contributed by atoms with van der Waals surface area (Å²) in [6.07, 6.45) is -5.25. The molecule has 0 atom stereocenters. The molecule has 0 radical (unpaired) electrons. The number of halogens is 5. The fourth-order valence-electron chi connectivity index (χ4n) is 4.56. The zero-order chi connectivity index (χ0) is 27.6. The third-order valence-corrected chi connectivity index (χ3v) is 6.16. The summed E-state index contributed by atoms with van der Waals surface area (Å²) < 4.78 is 69.3.